The number of carbonyl (C=O) groups is 2. The van der Waals surface area contributed by atoms with Gasteiger partial charge in [-0.25, -0.2) is 4.79 Å². The van der Waals surface area contributed by atoms with Crippen LogP contribution in [-0.4, -0.2) is 46.7 Å². The van der Waals surface area contributed by atoms with Gasteiger partial charge in [-0.05, 0) is 24.6 Å². The van der Waals surface area contributed by atoms with E-state index in [4.69, 9.17) is 4.74 Å². The van der Waals surface area contributed by atoms with Crippen molar-refractivity contribution in [2.75, 3.05) is 18.1 Å². The highest BCUT2D eigenvalue weighted by molar-refractivity contribution is 8.19. The summed E-state index contributed by atoms with van der Waals surface area (Å²) in [7, 11) is 0. The van der Waals surface area contributed by atoms with E-state index in [9.17, 15) is 14.7 Å². The second-order valence-electron chi connectivity index (χ2n) is 7.23. The Morgan fingerprint density at radius 1 is 1.23 bits per heavy atom. The van der Waals surface area contributed by atoms with Gasteiger partial charge in [0.25, 0.3) is 5.91 Å². The van der Waals surface area contributed by atoms with Crippen molar-refractivity contribution in [3.8, 4) is 0 Å². The Balaban J connectivity index is 1.74. The predicted octanol–water partition coefficient (Wildman–Crippen LogP) is 3.55. The van der Waals surface area contributed by atoms with E-state index in [2.05, 4.69) is 5.32 Å². The van der Waals surface area contributed by atoms with Crippen LogP contribution in [0.3, 0.4) is 0 Å². The molecule has 0 aromatic heterocycles. The van der Waals surface area contributed by atoms with Crippen LogP contribution in [-0.2, 0) is 9.53 Å². The monoisotopic (exact) mass is 395 g/mol. The summed E-state index contributed by atoms with van der Waals surface area (Å²) < 4.78 is 6.07. The van der Waals surface area contributed by atoms with E-state index in [0.717, 1.165) is 11.5 Å². The molecule has 5 nitrogen and oxygen atoms in total. The molecule has 1 aliphatic heterocycles. The molecule has 2 unspecified atom stereocenters. The average molecular weight is 396 g/mol. The largest absolute Gasteiger partial charge is 0.479 e. The minimum absolute atomic E-state index is 0.178. The number of rotatable bonds is 6. The number of hydrogen-bond acceptors (Lipinski definition) is 5. The van der Waals surface area contributed by atoms with Crippen LogP contribution in [0, 0.1) is 5.41 Å². The fraction of sp³-hybridized carbons (Fsp3) is 0.579. The second-order valence-corrected chi connectivity index (χ2v) is 9.95. The maximum Gasteiger partial charge on any atom is 0.330 e. The van der Waals surface area contributed by atoms with Crippen molar-refractivity contribution >= 4 is 35.4 Å². The summed E-state index contributed by atoms with van der Waals surface area (Å²) in [6.45, 7) is 6.08. The maximum atomic E-state index is 12.7. The van der Waals surface area contributed by atoms with Crippen molar-refractivity contribution in [2.45, 2.75) is 43.4 Å². The van der Waals surface area contributed by atoms with Crippen LogP contribution < -0.4 is 5.32 Å². The van der Waals surface area contributed by atoms with E-state index < -0.39 is 16.9 Å². The van der Waals surface area contributed by atoms with Crippen LogP contribution in [0.5, 0.6) is 0 Å². The number of thioether (sulfide) groups is 2. The topological polar surface area (TPSA) is 75.6 Å². The summed E-state index contributed by atoms with van der Waals surface area (Å²) in [6, 6.07) is 7.50. The zero-order valence-electron chi connectivity index (χ0n) is 15.3. The molecule has 0 bridgehead atoms. The molecular formula is C19H25NO4S2. The van der Waals surface area contributed by atoms with E-state index in [1.165, 1.54) is 5.56 Å². The molecule has 1 amide bonds. The molecule has 1 aromatic rings. The van der Waals surface area contributed by atoms with Crippen LogP contribution in [0.2, 0.25) is 0 Å². The Labute approximate surface area is 162 Å². The lowest BCUT2D eigenvalue weighted by Gasteiger charge is -2.58. The van der Waals surface area contributed by atoms with Crippen molar-refractivity contribution in [1.29, 1.82) is 0 Å². The molecule has 2 fully saturated rings. The van der Waals surface area contributed by atoms with Crippen molar-refractivity contribution in [3.63, 3.8) is 0 Å². The Morgan fingerprint density at radius 3 is 2.35 bits per heavy atom. The first-order chi connectivity index (χ1) is 12.3. The Morgan fingerprint density at radius 2 is 1.85 bits per heavy atom. The smallest absolute Gasteiger partial charge is 0.330 e. The molecular weight excluding hydrogens is 370 g/mol. The molecule has 142 valence electrons. The SMILES string of the molecule is CCOC1CC(NC(=O)c2ccc(C3SCCS3)cc2)(C(=O)O)C1(C)C. The molecule has 26 heavy (non-hydrogen) atoms. The zero-order valence-corrected chi connectivity index (χ0v) is 16.9. The third kappa shape index (κ3) is 3.25. The fourth-order valence-corrected chi connectivity index (χ4v) is 6.50. The summed E-state index contributed by atoms with van der Waals surface area (Å²) in [5.74, 6) is 0.930. The first-order valence-electron chi connectivity index (χ1n) is 8.82. The lowest BCUT2D eigenvalue weighted by Crippen LogP contribution is -2.76. The number of amides is 1. The quantitative estimate of drug-likeness (QED) is 0.767. The van der Waals surface area contributed by atoms with Crippen LogP contribution >= 0.6 is 23.5 Å². The Bertz CT molecular complexity index is 685. The van der Waals surface area contributed by atoms with Gasteiger partial charge in [0.15, 0.2) is 0 Å². The fourth-order valence-electron chi connectivity index (χ4n) is 3.65. The van der Waals surface area contributed by atoms with Crippen LogP contribution in [0.15, 0.2) is 24.3 Å². The predicted molar refractivity (Wildman–Crippen MR) is 106 cm³/mol. The lowest BCUT2D eigenvalue weighted by atomic mass is 9.54. The average Bonchev–Trinajstić information content (AvgIpc) is 3.15. The molecule has 3 rings (SSSR count). The molecule has 1 aliphatic carbocycles. The number of benzene rings is 1. The van der Waals surface area contributed by atoms with Gasteiger partial charge >= 0.3 is 5.97 Å². The van der Waals surface area contributed by atoms with E-state index in [1.54, 1.807) is 12.1 Å². The maximum absolute atomic E-state index is 12.7. The van der Waals surface area contributed by atoms with Gasteiger partial charge in [-0.1, -0.05) is 26.0 Å². The van der Waals surface area contributed by atoms with Crippen molar-refractivity contribution in [2.24, 2.45) is 5.41 Å². The highest BCUT2D eigenvalue weighted by Gasteiger charge is 2.66. The highest BCUT2D eigenvalue weighted by atomic mass is 32.2. The summed E-state index contributed by atoms with van der Waals surface area (Å²) in [5.41, 5.74) is -0.304. The van der Waals surface area contributed by atoms with Crippen molar-refractivity contribution < 1.29 is 19.4 Å². The third-order valence-corrected chi connectivity index (χ3v) is 8.63. The van der Waals surface area contributed by atoms with E-state index in [0.29, 0.717) is 16.8 Å². The van der Waals surface area contributed by atoms with Crippen molar-refractivity contribution in [3.05, 3.63) is 35.4 Å². The molecule has 2 N–H and O–H groups in total. The van der Waals surface area contributed by atoms with Gasteiger partial charge < -0.3 is 15.2 Å². The van der Waals surface area contributed by atoms with E-state index in [1.807, 2.05) is 56.4 Å². The Kier molecular flexibility index (Phi) is 5.61. The van der Waals surface area contributed by atoms with Gasteiger partial charge in [0, 0.05) is 35.5 Å². The normalized spacial score (nSPS) is 27.7. The molecule has 1 saturated heterocycles. The Hall–Kier alpha value is -1.18. The molecule has 0 spiro atoms. The molecule has 2 atom stereocenters. The first kappa shape index (κ1) is 19.6. The molecule has 1 aromatic carbocycles. The summed E-state index contributed by atoms with van der Waals surface area (Å²) in [6.07, 6.45) is 0.102. The zero-order chi connectivity index (χ0) is 18.9. The minimum Gasteiger partial charge on any atom is -0.479 e. The standard InChI is InChI=1S/C19H25NO4S2/c1-4-24-14-11-19(17(22)23,18(14,2)3)20-15(21)12-5-7-13(8-6-12)16-25-9-10-26-16/h5-8,14,16H,4,9-11H2,1-3H3,(H,20,21)(H,22,23). The van der Waals surface area contributed by atoms with Gasteiger partial charge in [-0.3, -0.25) is 4.79 Å². The number of carboxylic acid groups (broad SMARTS) is 1. The van der Waals surface area contributed by atoms with Gasteiger partial charge in [0.05, 0.1) is 10.7 Å². The lowest BCUT2D eigenvalue weighted by molar-refractivity contribution is -0.190. The minimum atomic E-state index is -1.31. The second kappa shape index (κ2) is 7.44. The van der Waals surface area contributed by atoms with Crippen LogP contribution in [0.25, 0.3) is 0 Å². The third-order valence-electron chi connectivity index (χ3n) is 5.52. The number of carboxylic acids is 1. The summed E-state index contributed by atoms with van der Waals surface area (Å²) in [5, 5.41) is 12.6. The summed E-state index contributed by atoms with van der Waals surface area (Å²) >= 11 is 3.82. The number of hydrogen-bond donors (Lipinski definition) is 2. The van der Waals surface area contributed by atoms with Gasteiger partial charge in [-0.2, -0.15) is 0 Å². The molecule has 1 heterocycles. The summed E-state index contributed by atoms with van der Waals surface area (Å²) in [4.78, 5) is 24.7. The molecule has 0 radical (unpaired) electrons. The van der Waals surface area contributed by atoms with Gasteiger partial charge in [-0.15, -0.1) is 23.5 Å². The number of aliphatic carboxylic acids is 1. The highest BCUT2D eigenvalue weighted by Crippen LogP contribution is 2.51. The number of ether oxygens (including phenoxy) is 1. The first-order valence-corrected chi connectivity index (χ1v) is 10.9. The van der Waals surface area contributed by atoms with E-state index >= 15 is 0 Å². The number of nitrogens with one attached hydrogen (secondary N) is 1. The number of carbonyl (C=O) groups excluding carboxylic acids is 1. The molecule has 1 saturated carbocycles. The molecule has 2 aliphatic rings. The van der Waals surface area contributed by atoms with Crippen LogP contribution in [0.1, 0.15) is 47.7 Å². The van der Waals surface area contributed by atoms with Crippen molar-refractivity contribution in [1.82, 2.24) is 5.32 Å². The van der Waals surface area contributed by atoms with Crippen LogP contribution in [0.4, 0.5) is 0 Å². The van der Waals surface area contributed by atoms with Gasteiger partial charge in [0.1, 0.15) is 5.54 Å². The van der Waals surface area contributed by atoms with Gasteiger partial charge in [0.2, 0.25) is 0 Å². The van der Waals surface area contributed by atoms with E-state index in [-0.39, 0.29) is 18.4 Å². The molecule has 7 heteroatoms.